The van der Waals surface area contributed by atoms with Gasteiger partial charge in [0.25, 0.3) is 0 Å². The third-order valence-electron chi connectivity index (χ3n) is 2.24. The van der Waals surface area contributed by atoms with Crippen molar-refractivity contribution in [3.63, 3.8) is 0 Å². The molecule has 0 spiro atoms. The molecule has 0 aromatic carbocycles. The number of hydrogen-bond donors (Lipinski definition) is 1. The van der Waals surface area contributed by atoms with Crippen LogP contribution in [0.15, 0.2) is 11.4 Å². The lowest BCUT2D eigenvalue weighted by atomic mass is 10.1. The molecular formula is C8H10OS. The molecule has 2 heteroatoms. The van der Waals surface area contributed by atoms with Crippen LogP contribution in [0.2, 0.25) is 0 Å². The molecule has 1 heterocycles. The zero-order chi connectivity index (χ0) is 7.14. The molecule has 0 amide bonds. The summed E-state index contributed by atoms with van der Waals surface area (Å²) in [5.41, 5.74) is 1.36. The van der Waals surface area contributed by atoms with Crippen LogP contribution in [0, 0.1) is 0 Å². The maximum absolute atomic E-state index is 9.41. The Morgan fingerprint density at radius 2 is 2.50 bits per heavy atom. The van der Waals surface area contributed by atoms with Crippen molar-refractivity contribution in [2.75, 3.05) is 0 Å². The molecule has 54 valence electrons. The van der Waals surface area contributed by atoms with Gasteiger partial charge in [-0.05, 0) is 17.0 Å². The van der Waals surface area contributed by atoms with Crippen molar-refractivity contribution >= 4 is 11.3 Å². The summed E-state index contributed by atoms with van der Waals surface area (Å²) in [6.45, 7) is 2.09. The molecule has 0 saturated carbocycles. The van der Waals surface area contributed by atoms with Crippen molar-refractivity contribution in [3.05, 3.63) is 21.9 Å². The zero-order valence-corrected chi connectivity index (χ0v) is 6.69. The summed E-state index contributed by atoms with van der Waals surface area (Å²) in [7, 11) is 0. The Morgan fingerprint density at radius 1 is 1.70 bits per heavy atom. The topological polar surface area (TPSA) is 20.2 Å². The fourth-order valence-electron chi connectivity index (χ4n) is 1.50. The minimum atomic E-state index is -0.123. The summed E-state index contributed by atoms with van der Waals surface area (Å²) in [6, 6.07) is 2.13. The fraction of sp³-hybridized carbons (Fsp3) is 0.500. The first-order valence-corrected chi connectivity index (χ1v) is 4.41. The number of thiophene rings is 1. The van der Waals surface area contributed by atoms with E-state index >= 15 is 0 Å². The van der Waals surface area contributed by atoms with Crippen LogP contribution < -0.4 is 0 Å². The number of aliphatic hydroxyl groups excluding tert-OH is 1. The van der Waals surface area contributed by atoms with Crippen molar-refractivity contribution in [1.82, 2.24) is 0 Å². The lowest BCUT2D eigenvalue weighted by molar-refractivity contribution is 0.163. The second-order valence-electron chi connectivity index (χ2n) is 2.86. The highest BCUT2D eigenvalue weighted by molar-refractivity contribution is 7.10. The van der Waals surface area contributed by atoms with Gasteiger partial charge in [0, 0.05) is 17.2 Å². The third kappa shape index (κ3) is 0.724. The highest BCUT2D eigenvalue weighted by atomic mass is 32.1. The number of hydrogen-bond acceptors (Lipinski definition) is 2. The van der Waals surface area contributed by atoms with E-state index in [1.54, 1.807) is 11.3 Å². The van der Waals surface area contributed by atoms with Gasteiger partial charge in [-0.1, -0.05) is 6.92 Å². The monoisotopic (exact) mass is 154 g/mol. The standard InChI is InChI=1S/C8H10OS/c1-5-6-2-3-10-8(6)4-7(5)9/h2-3,5,7,9H,4H2,1H3/t5-,7+/m0/s1. The molecular weight excluding hydrogens is 144 g/mol. The molecule has 2 atom stereocenters. The highest BCUT2D eigenvalue weighted by Crippen LogP contribution is 2.36. The second-order valence-corrected chi connectivity index (χ2v) is 3.86. The summed E-state index contributed by atoms with van der Waals surface area (Å²) in [5.74, 6) is 0.362. The van der Waals surface area contributed by atoms with Gasteiger partial charge in [-0.25, -0.2) is 0 Å². The summed E-state index contributed by atoms with van der Waals surface area (Å²) in [5, 5.41) is 11.5. The number of aliphatic hydroxyl groups is 1. The van der Waals surface area contributed by atoms with Gasteiger partial charge in [0.15, 0.2) is 0 Å². The third-order valence-corrected chi connectivity index (χ3v) is 3.20. The van der Waals surface area contributed by atoms with Gasteiger partial charge in [0.05, 0.1) is 6.10 Å². The van der Waals surface area contributed by atoms with Crippen LogP contribution in [0.3, 0.4) is 0 Å². The van der Waals surface area contributed by atoms with Crippen molar-refractivity contribution in [1.29, 1.82) is 0 Å². The van der Waals surface area contributed by atoms with E-state index in [0.717, 1.165) is 6.42 Å². The van der Waals surface area contributed by atoms with E-state index in [9.17, 15) is 5.11 Å². The van der Waals surface area contributed by atoms with Crippen LogP contribution in [0.1, 0.15) is 23.3 Å². The molecule has 1 N–H and O–H groups in total. The normalized spacial score (nSPS) is 30.6. The van der Waals surface area contributed by atoms with E-state index < -0.39 is 0 Å². The largest absolute Gasteiger partial charge is 0.392 e. The Balaban J connectivity index is 2.43. The molecule has 10 heavy (non-hydrogen) atoms. The second kappa shape index (κ2) is 2.07. The molecule has 0 bridgehead atoms. The summed E-state index contributed by atoms with van der Waals surface area (Å²) in [4.78, 5) is 1.38. The molecule has 1 aliphatic carbocycles. The maximum Gasteiger partial charge on any atom is 0.0654 e. The molecule has 0 saturated heterocycles. The van der Waals surface area contributed by atoms with E-state index in [2.05, 4.69) is 18.4 Å². The Kier molecular flexibility index (Phi) is 1.32. The average Bonchev–Trinajstić information content (AvgIpc) is 2.41. The zero-order valence-electron chi connectivity index (χ0n) is 5.87. The van der Waals surface area contributed by atoms with Crippen LogP contribution in [0.25, 0.3) is 0 Å². The van der Waals surface area contributed by atoms with Crippen molar-refractivity contribution in [2.45, 2.75) is 25.4 Å². The maximum atomic E-state index is 9.41. The summed E-state index contributed by atoms with van der Waals surface area (Å²) in [6.07, 6.45) is 0.746. The van der Waals surface area contributed by atoms with Crippen molar-refractivity contribution in [2.24, 2.45) is 0 Å². The van der Waals surface area contributed by atoms with E-state index in [1.165, 1.54) is 10.4 Å². The molecule has 0 unspecified atom stereocenters. The molecule has 0 fully saturated rings. The first-order valence-electron chi connectivity index (χ1n) is 3.53. The Hall–Kier alpha value is -0.340. The van der Waals surface area contributed by atoms with Crippen LogP contribution in [0.5, 0.6) is 0 Å². The van der Waals surface area contributed by atoms with E-state index in [1.807, 2.05) is 0 Å². The number of fused-ring (bicyclic) bond motifs is 1. The van der Waals surface area contributed by atoms with Gasteiger partial charge < -0.3 is 5.11 Å². The first kappa shape index (κ1) is 6.38. The van der Waals surface area contributed by atoms with Gasteiger partial charge >= 0.3 is 0 Å². The molecule has 1 aromatic rings. The quantitative estimate of drug-likeness (QED) is 0.604. The molecule has 2 rings (SSSR count). The van der Waals surface area contributed by atoms with Gasteiger partial charge in [-0.2, -0.15) is 0 Å². The fourth-order valence-corrected chi connectivity index (χ4v) is 2.53. The molecule has 0 radical (unpaired) electrons. The smallest absolute Gasteiger partial charge is 0.0654 e. The van der Waals surface area contributed by atoms with E-state index in [4.69, 9.17) is 0 Å². The minimum absolute atomic E-state index is 0.123. The Labute approximate surface area is 64.3 Å². The van der Waals surface area contributed by atoms with Crippen LogP contribution in [-0.4, -0.2) is 11.2 Å². The molecule has 0 aliphatic heterocycles. The SMILES string of the molecule is C[C@H]1c2ccsc2C[C@H]1O. The van der Waals surface area contributed by atoms with E-state index in [0.29, 0.717) is 5.92 Å². The lowest BCUT2D eigenvalue weighted by Gasteiger charge is -2.06. The Bertz CT molecular complexity index is 241. The molecule has 1 aliphatic rings. The van der Waals surface area contributed by atoms with Gasteiger partial charge in [0.2, 0.25) is 0 Å². The van der Waals surface area contributed by atoms with E-state index in [-0.39, 0.29) is 6.10 Å². The predicted octanol–water partition coefficient (Wildman–Crippen LogP) is 1.77. The van der Waals surface area contributed by atoms with Crippen molar-refractivity contribution < 1.29 is 5.11 Å². The Morgan fingerprint density at radius 3 is 3.20 bits per heavy atom. The average molecular weight is 154 g/mol. The molecule has 1 nitrogen and oxygen atoms in total. The van der Waals surface area contributed by atoms with Gasteiger partial charge in [0.1, 0.15) is 0 Å². The van der Waals surface area contributed by atoms with Crippen LogP contribution in [0.4, 0.5) is 0 Å². The first-order chi connectivity index (χ1) is 4.79. The van der Waals surface area contributed by atoms with Crippen LogP contribution in [-0.2, 0) is 6.42 Å². The summed E-state index contributed by atoms with van der Waals surface area (Å²) >= 11 is 1.76. The summed E-state index contributed by atoms with van der Waals surface area (Å²) < 4.78 is 0. The minimum Gasteiger partial charge on any atom is -0.392 e. The van der Waals surface area contributed by atoms with Crippen LogP contribution >= 0.6 is 11.3 Å². The highest BCUT2D eigenvalue weighted by Gasteiger charge is 2.27. The molecule has 1 aromatic heterocycles. The number of rotatable bonds is 0. The van der Waals surface area contributed by atoms with Gasteiger partial charge in [-0.3, -0.25) is 0 Å². The predicted molar refractivity (Wildman–Crippen MR) is 42.4 cm³/mol. The lowest BCUT2D eigenvalue weighted by Crippen LogP contribution is -2.09. The van der Waals surface area contributed by atoms with Gasteiger partial charge in [-0.15, -0.1) is 11.3 Å². The van der Waals surface area contributed by atoms with Crippen molar-refractivity contribution in [3.8, 4) is 0 Å².